The third-order valence-electron chi connectivity index (χ3n) is 3.92. The summed E-state index contributed by atoms with van der Waals surface area (Å²) in [7, 11) is 0. The molecule has 0 aromatic heterocycles. The van der Waals surface area contributed by atoms with Crippen LogP contribution in [0, 0.1) is 0 Å². The van der Waals surface area contributed by atoms with Gasteiger partial charge in [0.05, 0.1) is 24.9 Å². The van der Waals surface area contributed by atoms with Crippen LogP contribution in [0.5, 0.6) is 0 Å². The molecule has 5 nitrogen and oxygen atoms in total. The average molecular weight is 310 g/mol. The molecule has 0 radical (unpaired) electrons. The molecule has 5 heteroatoms. The zero-order valence-corrected chi connectivity index (χ0v) is 13.2. The lowest BCUT2D eigenvalue weighted by molar-refractivity contribution is -0.127. The summed E-state index contributed by atoms with van der Waals surface area (Å²) in [6.07, 6.45) is 2.13. The van der Waals surface area contributed by atoms with Crippen LogP contribution in [0.1, 0.15) is 38.7 Å². The highest BCUT2D eigenvalue weighted by molar-refractivity contribution is 5.14. The molecule has 3 rings (SSSR count). The molecular formula is C17H26O5. The molecule has 3 N–H and O–H groups in total. The zero-order valence-electron chi connectivity index (χ0n) is 13.2. The molecule has 1 saturated heterocycles. The van der Waals surface area contributed by atoms with E-state index in [-0.39, 0.29) is 17.8 Å². The molecule has 1 heterocycles. The summed E-state index contributed by atoms with van der Waals surface area (Å²) in [4.78, 5) is 0. The van der Waals surface area contributed by atoms with Crippen LogP contribution in [-0.2, 0) is 16.1 Å². The topological polar surface area (TPSA) is 79.2 Å². The summed E-state index contributed by atoms with van der Waals surface area (Å²) in [6, 6.07) is 10.2. The van der Waals surface area contributed by atoms with Crippen LogP contribution >= 0.6 is 0 Å². The Morgan fingerprint density at radius 1 is 1.23 bits per heavy atom. The summed E-state index contributed by atoms with van der Waals surface area (Å²) in [6.45, 7) is 3.91. The van der Waals surface area contributed by atoms with Crippen molar-refractivity contribution in [3.63, 3.8) is 0 Å². The van der Waals surface area contributed by atoms with E-state index in [1.807, 2.05) is 18.2 Å². The fraction of sp³-hybridized carbons (Fsp3) is 0.647. The highest BCUT2D eigenvalue weighted by Crippen LogP contribution is 2.43. The minimum Gasteiger partial charge on any atom is -0.390 e. The lowest BCUT2D eigenvalue weighted by Gasteiger charge is -2.28. The van der Waals surface area contributed by atoms with Gasteiger partial charge in [0.15, 0.2) is 5.79 Å². The number of rotatable bonds is 3. The first-order valence-electron chi connectivity index (χ1n) is 7.72. The average Bonchev–Trinajstić information content (AvgIpc) is 2.98. The Hall–Kier alpha value is -0.980. The van der Waals surface area contributed by atoms with Gasteiger partial charge in [-0.1, -0.05) is 30.3 Å². The van der Waals surface area contributed by atoms with E-state index in [0.29, 0.717) is 13.2 Å². The third-order valence-corrected chi connectivity index (χ3v) is 3.92. The number of benzene rings is 1. The second-order valence-electron chi connectivity index (χ2n) is 6.48. The molecule has 0 amide bonds. The van der Waals surface area contributed by atoms with Gasteiger partial charge in [0.25, 0.3) is 0 Å². The van der Waals surface area contributed by atoms with Crippen LogP contribution in [0.15, 0.2) is 30.3 Å². The lowest BCUT2D eigenvalue weighted by atomic mass is 9.98. The Morgan fingerprint density at radius 3 is 2.50 bits per heavy atom. The van der Waals surface area contributed by atoms with E-state index in [1.54, 1.807) is 0 Å². The van der Waals surface area contributed by atoms with Crippen LogP contribution in [0.2, 0.25) is 0 Å². The van der Waals surface area contributed by atoms with E-state index >= 15 is 0 Å². The first-order valence-corrected chi connectivity index (χ1v) is 7.72. The molecule has 1 aliphatic carbocycles. The molecule has 3 atom stereocenters. The summed E-state index contributed by atoms with van der Waals surface area (Å²) >= 11 is 0. The standard InChI is InChI=1S/C14H18O3.C3H8O2/c15-12-6-7-14(8-9-16-13(12)14)17-10-11-4-2-1-3-5-11;1-3(2,4)5/h1-5,12-13,15H,6-10H2;4-5H,1-2H3/t12?,13-,14+;/m1./s1. The Morgan fingerprint density at radius 2 is 1.86 bits per heavy atom. The molecular weight excluding hydrogens is 284 g/mol. The second kappa shape index (κ2) is 7.06. The van der Waals surface area contributed by atoms with Gasteiger partial charge < -0.3 is 24.8 Å². The lowest BCUT2D eigenvalue weighted by Crippen LogP contribution is -2.40. The van der Waals surface area contributed by atoms with Gasteiger partial charge >= 0.3 is 0 Å². The van der Waals surface area contributed by atoms with Gasteiger partial charge in [-0.15, -0.1) is 0 Å². The normalized spacial score (nSPS) is 30.6. The van der Waals surface area contributed by atoms with Crippen LogP contribution < -0.4 is 0 Å². The largest absolute Gasteiger partial charge is 0.390 e. The van der Waals surface area contributed by atoms with Crippen molar-refractivity contribution in [2.24, 2.45) is 0 Å². The predicted molar refractivity (Wildman–Crippen MR) is 82.1 cm³/mol. The van der Waals surface area contributed by atoms with Crippen LogP contribution in [0.25, 0.3) is 0 Å². The van der Waals surface area contributed by atoms with Crippen molar-refractivity contribution in [2.75, 3.05) is 6.61 Å². The van der Waals surface area contributed by atoms with E-state index < -0.39 is 5.79 Å². The van der Waals surface area contributed by atoms with E-state index in [1.165, 1.54) is 19.4 Å². The zero-order chi connectivity index (χ0) is 16.2. The van der Waals surface area contributed by atoms with Gasteiger partial charge in [-0.3, -0.25) is 0 Å². The SMILES string of the molecule is CC(C)(O)O.OC1CC[C@]2(OCc3ccccc3)CCO[C@H]12. The van der Waals surface area contributed by atoms with E-state index in [9.17, 15) is 5.11 Å². The predicted octanol–water partition coefficient (Wildman–Crippen LogP) is 1.59. The molecule has 1 unspecified atom stereocenters. The summed E-state index contributed by atoms with van der Waals surface area (Å²) in [5.74, 6) is -1.50. The molecule has 124 valence electrons. The monoisotopic (exact) mass is 310 g/mol. The second-order valence-corrected chi connectivity index (χ2v) is 6.48. The van der Waals surface area contributed by atoms with E-state index in [4.69, 9.17) is 19.7 Å². The van der Waals surface area contributed by atoms with Crippen molar-refractivity contribution < 1.29 is 24.8 Å². The number of fused-ring (bicyclic) bond motifs is 1. The number of hydrogen-bond acceptors (Lipinski definition) is 5. The molecule has 0 bridgehead atoms. The first kappa shape index (κ1) is 17.4. The van der Waals surface area contributed by atoms with Gasteiger partial charge in [0, 0.05) is 6.42 Å². The van der Waals surface area contributed by atoms with Crippen LogP contribution in [0.4, 0.5) is 0 Å². The number of aliphatic hydroxyl groups excluding tert-OH is 1. The van der Waals surface area contributed by atoms with Gasteiger partial charge in [-0.25, -0.2) is 0 Å². The van der Waals surface area contributed by atoms with E-state index in [2.05, 4.69) is 12.1 Å². The van der Waals surface area contributed by atoms with Crippen molar-refractivity contribution in [3.8, 4) is 0 Å². The summed E-state index contributed by atoms with van der Waals surface area (Å²) in [5, 5.41) is 26.0. The van der Waals surface area contributed by atoms with Crippen LogP contribution in [0.3, 0.4) is 0 Å². The maximum absolute atomic E-state index is 9.86. The molecule has 1 aromatic carbocycles. The quantitative estimate of drug-likeness (QED) is 0.739. The fourth-order valence-corrected chi connectivity index (χ4v) is 2.95. The maximum atomic E-state index is 9.86. The number of hydrogen-bond donors (Lipinski definition) is 3. The molecule has 0 spiro atoms. The van der Waals surface area contributed by atoms with Gasteiger partial charge in [-0.05, 0) is 32.3 Å². The minimum absolute atomic E-state index is 0.119. The maximum Gasteiger partial charge on any atom is 0.156 e. The highest BCUT2D eigenvalue weighted by Gasteiger charge is 2.53. The van der Waals surface area contributed by atoms with Crippen molar-refractivity contribution in [1.82, 2.24) is 0 Å². The number of aliphatic hydroxyl groups is 3. The molecule has 1 aromatic rings. The summed E-state index contributed by atoms with van der Waals surface area (Å²) in [5.41, 5.74) is 0.934. The molecule has 2 aliphatic rings. The summed E-state index contributed by atoms with van der Waals surface area (Å²) < 4.78 is 11.7. The molecule has 22 heavy (non-hydrogen) atoms. The smallest absolute Gasteiger partial charge is 0.156 e. The van der Waals surface area contributed by atoms with E-state index in [0.717, 1.165) is 19.3 Å². The molecule has 2 fully saturated rings. The van der Waals surface area contributed by atoms with Crippen molar-refractivity contribution >= 4 is 0 Å². The van der Waals surface area contributed by atoms with Crippen molar-refractivity contribution in [1.29, 1.82) is 0 Å². The minimum atomic E-state index is -1.50. The Bertz CT molecular complexity index is 450. The van der Waals surface area contributed by atoms with Gasteiger partial charge in [-0.2, -0.15) is 0 Å². The number of ether oxygens (including phenoxy) is 2. The van der Waals surface area contributed by atoms with Gasteiger partial charge in [0.1, 0.15) is 6.10 Å². The highest BCUT2D eigenvalue weighted by atomic mass is 16.6. The Kier molecular flexibility index (Phi) is 5.58. The first-order chi connectivity index (χ1) is 10.3. The molecule has 1 saturated carbocycles. The fourth-order valence-electron chi connectivity index (χ4n) is 2.95. The third kappa shape index (κ3) is 4.76. The van der Waals surface area contributed by atoms with Crippen LogP contribution in [-0.4, -0.2) is 45.5 Å². The Labute approximate surface area is 131 Å². The molecule has 1 aliphatic heterocycles. The van der Waals surface area contributed by atoms with Crippen molar-refractivity contribution in [3.05, 3.63) is 35.9 Å². The van der Waals surface area contributed by atoms with Gasteiger partial charge in [0.2, 0.25) is 0 Å². The Balaban J connectivity index is 0.000000309. The van der Waals surface area contributed by atoms with Crippen molar-refractivity contribution in [2.45, 2.75) is 63.3 Å².